The van der Waals surface area contributed by atoms with E-state index in [0.717, 1.165) is 12.3 Å². The van der Waals surface area contributed by atoms with Gasteiger partial charge in [0.1, 0.15) is 11.6 Å². The van der Waals surface area contributed by atoms with Crippen LogP contribution in [0.25, 0.3) is 0 Å². The lowest BCUT2D eigenvalue weighted by Crippen LogP contribution is -2.37. The van der Waals surface area contributed by atoms with Crippen molar-refractivity contribution in [2.24, 2.45) is 17.6 Å². The number of hydrogen-bond acceptors (Lipinski definition) is 3. The van der Waals surface area contributed by atoms with Crippen molar-refractivity contribution in [2.45, 2.75) is 6.18 Å². The summed E-state index contributed by atoms with van der Waals surface area (Å²) >= 11 is 0. The molecule has 4 nitrogen and oxygen atoms in total. The minimum absolute atomic E-state index is 0.169. The second-order valence-corrected chi connectivity index (χ2v) is 4.40. The zero-order valence-electron chi connectivity index (χ0n) is 9.69. The van der Waals surface area contributed by atoms with Crippen LogP contribution < -0.4 is 10.6 Å². The third-order valence-corrected chi connectivity index (χ3v) is 3.14. The van der Waals surface area contributed by atoms with Crippen LogP contribution in [0.4, 0.5) is 23.4 Å². The zero-order valence-corrected chi connectivity index (χ0v) is 9.69. The van der Waals surface area contributed by atoms with Gasteiger partial charge in [0.2, 0.25) is 5.91 Å². The highest BCUT2D eigenvalue weighted by atomic mass is 19.4. The number of aromatic nitrogens is 1. The Kier molecular flexibility index (Phi) is 3.34. The summed E-state index contributed by atoms with van der Waals surface area (Å²) in [6.45, 7) is -0.576. The Morgan fingerprint density at radius 1 is 1.37 bits per heavy atom. The zero-order chi connectivity index (χ0) is 14.2. The number of halogens is 4. The lowest BCUT2D eigenvalue weighted by atomic mass is 9.95. The predicted molar refractivity (Wildman–Crippen MR) is 58.6 cm³/mol. The number of carbonyl (C=O) groups excluding carboxylic acids is 1. The molecule has 0 spiro atoms. The first-order valence-corrected chi connectivity index (χ1v) is 5.51. The summed E-state index contributed by atoms with van der Waals surface area (Å²) in [5, 5.41) is 0. The third kappa shape index (κ3) is 2.77. The van der Waals surface area contributed by atoms with E-state index in [4.69, 9.17) is 5.73 Å². The molecule has 104 valence electrons. The van der Waals surface area contributed by atoms with Gasteiger partial charge in [-0.2, -0.15) is 13.2 Å². The Morgan fingerprint density at radius 3 is 2.47 bits per heavy atom. The molecule has 1 aliphatic heterocycles. The lowest BCUT2D eigenvalue weighted by molar-refractivity contribution is -0.181. The molecular formula is C11H11F4N3O. The van der Waals surface area contributed by atoms with Gasteiger partial charge in [-0.3, -0.25) is 4.79 Å². The summed E-state index contributed by atoms with van der Waals surface area (Å²) < 4.78 is 51.1. The van der Waals surface area contributed by atoms with Gasteiger partial charge in [-0.05, 0) is 12.1 Å². The van der Waals surface area contributed by atoms with Crippen LogP contribution in [-0.2, 0) is 4.79 Å². The molecule has 1 saturated heterocycles. The van der Waals surface area contributed by atoms with Crippen molar-refractivity contribution in [3.05, 3.63) is 24.1 Å². The number of carbonyl (C=O) groups is 1. The van der Waals surface area contributed by atoms with E-state index in [1.165, 1.54) is 11.0 Å². The molecule has 2 heterocycles. The summed E-state index contributed by atoms with van der Waals surface area (Å²) in [4.78, 5) is 16.1. The standard InChI is InChI=1S/C11H11F4N3O/c12-6-1-2-9(17-3-6)18-4-7(10(16)19)8(5-18)11(13,14)15/h1-3,7-8H,4-5H2,(H2,16,19)/t7-,8-/m1/s1. The molecule has 0 unspecified atom stereocenters. The molecule has 0 aliphatic carbocycles. The van der Waals surface area contributed by atoms with Crippen LogP contribution in [-0.4, -0.2) is 30.2 Å². The number of pyridine rings is 1. The van der Waals surface area contributed by atoms with Crippen LogP contribution in [0.1, 0.15) is 0 Å². The number of rotatable bonds is 2. The molecule has 1 aliphatic rings. The first-order valence-electron chi connectivity index (χ1n) is 5.51. The van der Waals surface area contributed by atoms with E-state index in [1.807, 2.05) is 0 Å². The second-order valence-electron chi connectivity index (χ2n) is 4.40. The van der Waals surface area contributed by atoms with Crippen LogP contribution in [0.15, 0.2) is 18.3 Å². The van der Waals surface area contributed by atoms with Crippen LogP contribution in [0.2, 0.25) is 0 Å². The van der Waals surface area contributed by atoms with E-state index >= 15 is 0 Å². The van der Waals surface area contributed by atoms with Gasteiger partial charge < -0.3 is 10.6 Å². The fourth-order valence-corrected chi connectivity index (χ4v) is 2.17. The second kappa shape index (κ2) is 4.67. The van der Waals surface area contributed by atoms with Gasteiger partial charge in [-0.15, -0.1) is 0 Å². The number of nitrogens with two attached hydrogens (primary N) is 1. The Morgan fingerprint density at radius 2 is 2.05 bits per heavy atom. The number of amides is 1. The summed E-state index contributed by atoms with van der Waals surface area (Å²) in [5.74, 6) is -4.52. The topological polar surface area (TPSA) is 59.2 Å². The highest BCUT2D eigenvalue weighted by Gasteiger charge is 2.52. The maximum absolute atomic E-state index is 12.8. The number of alkyl halides is 3. The van der Waals surface area contributed by atoms with Gasteiger partial charge >= 0.3 is 6.18 Å². The molecule has 0 bridgehead atoms. The van der Waals surface area contributed by atoms with Crippen molar-refractivity contribution >= 4 is 11.7 Å². The Labute approximate surface area is 106 Å². The molecule has 0 saturated carbocycles. The molecule has 19 heavy (non-hydrogen) atoms. The minimum Gasteiger partial charge on any atom is -0.369 e. The molecule has 2 N–H and O–H groups in total. The molecule has 2 rings (SSSR count). The monoisotopic (exact) mass is 277 g/mol. The highest BCUT2D eigenvalue weighted by molar-refractivity contribution is 5.78. The van der Waals surface area contributed by atoms with E-state index < -0.39 is 36.3 Å². The van der Waals surface area contributed by atoms with Crippen LogP contribution in [0.5, 0.6) is 0 Å². The van der Waals surface area contributed by atoms with Gasteiger partial charge in [0, 0.05) is 13.1 Å². The molecule has 2 atom stereocenters. The quantitative estimate of drug-likeness (QED) is 0.829. The smallest absolute Gasteiger partial charge is 0.369 e. The van der Waals surface area contributed by atoms with Crippen molar-refractivity contribution in [1.29, 1.82) is 0 Å². The molecule has 1 aromatic heterocycles. The van der Waals surface area contributed by atoms with Gasteiger partial charge in [0.05, 0.1) is 18.0 Å². The van der Waals surface area contributed by atoms with Gasteiger partial charge in [-0.25, -0.2) is 9.37 Å². The third-order valence-electron chi connectivity index (χ3n) is 3.14. The predicted octanol–water partition coefficient (Wildman–Crippen LogP) is 1.32. The van der Waals surface area contributed by atoms with Crippen molar-refractivity contribution in [2.75, 3.05) is 18.0 Å². The number of hydrogen-bond donors (Lipinski definition) is 1. The largest absolute Gasteiger partial charge is 0.394 e. The molecule has 1 amide bonds. The maximum atomic E-state index is 12.8. The SMILES string of the molecule is NC(=O)[C@@H]1CN(c2ccc(F)cn2)C[C@H]1C(F)(F)F. The van der Waals surface area contributed by atoms with E-state index in [0.29, 0.717) is 0 Å². The first kappa shape index (κ1) is 13.6. The molecule has 0 radical (unpaired) electrons. The molecule has 1 aromatic rings. The molecule has 1 fully saturated rings. The first-order chi connectivity index (χ1) is 8.79. The average molecular weight is 277 g/mol. The fourth-order valence-electron chi connectivity index (χ4n) is 2.17. The highest BCUT2D eigenvalue weighted by Crippen LogP contribution is 2.38. The normalized spacial score (nSPS) is 23.7. The van der Waals surface area contributed by atoms with E-state index in [-0.39, 0.29) is 12.4 Å². The van der Waals surface area contributed by atoms with E-state index in [1.54, 1.807) is 0 Å². The summed E-state index contributed by atoms with van der Waals surface area (Å²) in [6, 6.07) is 2.37. The molecule has 0 aromatic carbocycles. The van der Waals surface area contributed by atoms with Gasteiger partial charge in [0.15, 0.2) is 0 Å². The van der Waals surface area contributed by atoms with Gasteiger partial charge in [0.25, 0.3) is 0 Å². The summed E-state index contributed by atoms with van der Waals surface area (Å²) in [7, 11) is 0. The summed E-state index contributed by atoms with van der Waals surface area (Å²) in [5.41, 5.74) is 5.00. The number of nitrogens with zero attached hydrogens (tertiary/aromatic N) is 2. The van der Waals surface area contributed by atoms with E-state index in [2.05, 4.69) is 4.98 Å². The van der Waals surface area contributed by atoms with Crippen molar-refractivity contribution in [1.82, 2.24) is 4.98 Å². The van der Waals surface area contributed by atoms with Gasteiger partial charge in [-0.1, -0.05) is 0 Å². The minimum atomic E-state index is -4.51. The fraction of sp³-hybridized carbons (Fsp3) is 0.455. The Balaban J connectivity index is 2.23. The maximum Gasteiger partial charge on any atom is 0.394 e. The van der Waals surface area contributed by atoms with Crippen molar-refractivity contribution in [3.63, 3.8) is 0 Å². The van der Waals surface area contributed by atoms with E-state index in [9.17, 15) is 22.4 Å². The van der Waals surface area contributed by atoms with Crippen LogP contribution in [0.3, 0.4) is 0 Å². The number of anilines is 1. The Bertz CT molecular complexity index is 474. The average Bonchev–Trinajstić information content (AvgIpc) is 2.74. The molecule has 8 heteroatoms. The van der Waals surface area contributed by atoms with Crippen LogP contribution >= 0.6 is 0 Å². The lowest BCUT2D eigenvalue weighted by Gasteiger charge is -2.19. The number of primary amides is 1. The van der Waals surface area contributed by atoms with Crippen molar-refractivity contribution < 1.29 is 22.4 Å². The summed E-state index contributed by atoms with van der Waals surface area (Å²) in [6.07, 6.45) is -3.59. The Hall–Kier alpha value is -1.86. The molecular weight excluding hydrogens is 266 g/mol. The van der Waals surface area contributed by atoms with Crippen LogP contribution in [0, 0.1) is 17.7 Å². The van der Waals surface area contributed by atoms with Crippen molar-refractivity contribution in [3.8, 4) is 0 Å².